The highest BCUT2D eigenvalue weighted by atomic mass is 19.4. The summed E-state index contributed by atoms with van der Waals surface area (Å²) in [5.41, 5.74) is 0.560. The van der Waals surface area contributed by atoms with Gasteiger partial charge in [0.15, 0.2) is 5.78 Å². The van der Waals surface area contributed by atoms with E-state index < -0.39 is 6.36 Å². The molecular weight excluding hydrogens is 285 g/mol. The van der Waals surface area contributed by atoms with Crippen molar-refractivity contribution in [2.75, 3.05) is 0 Å². The Hall–Kier alpha value is -2.50. The fourth-order valence-electron chi connectivity index (χ4n) is 1.90. The van der Waals surface area contributed by atoms with Crippen molar-refractivity contribution in [3.8, 4) is 22.6 Å². The van der Waals surface area contributed by atoms with Crippen molar-refractivity contribution in [2.24, 2.45) is 0 Å². The van der Waals surface area contributed by atoms with E-state index in [2.05, 4.69) is 4.74 Å². The number of hydrogen-bond acceptors (Lipinski definition) is 3. The minimum absolute atomic E-state index is 0.0364. The van der Waals surface area contributed by atoms with Gasteiger partial charge in [-0.25, -0.2) is 0 Å². The monoisotopic (exact) mass is 296 g/mol. The van der Waals surface area contributed by atoms with E-state index in [1.807, 2.05) is 0 Å². The van der Waals surface area contributed by atoms with Crippen molar-refractivity contribution < 1.29 is 27.8 Å². The molecular formula is C15H11F3O3. The van der Waals surface area contributed by atoms with Gasteiger partial charge in [0, 0.05) is 5.56 Å². The second-order valence-electron chi connectivity index (χ2n) is 4.33. The standard InChI is InChI=1S/C15H11F3O3/c1-9(19)12-8-10(6-7-13(12)20)11-4-2-3-5-14(11)21-15(16,17)18/h2-8,20H,1H3. The van der Waals surface area contributed by atoms with Crippen LogP contribution in [0.4, 0.5) is 13.2 Å². The van der Waals surface area contributed by atoms with Gasteiger partial charge >= 0.3 is 6.36 Å². The molecule has 0 aliphatic carbocycles. The molecule has 0 amide bonds. The number of phenolic OH excluding ortho intramolecular Hbond substituents is 1. The van der Waals surface area contributed by atoms with E-state index in [1.54, 1.807) is 6.07 Å². The molecule has 0 fully saturated rings. The maximum atomic E-state index is 12.4. The molecule has 2 aromatic carbocycles. The van der Waals surface area contributed by atoms with Crippen LogP contribution >= 0.6 is 0 Å². The Morgan fingerprint density at radius 3 is 2.43 bits per heavy atom. The smallest absolute Gasteiger partial charge is 0.507 e. The van der Waals surface area contributed by atoms with Crippen LogP contribution in [0.5, 0.6) is 11.5 Å². The lowest BCUT2D eigenvalue weighted by molar-refractivity contribution is -0.274. The van der Waals surface area contributed by atoms with E-state index in [4.69, 9.17) is 0 Å². The Balaban J connectivity index is 2.52. The van der Waals surface area contributed by atoms with Crippen LogP contribution in [0.3, 0.4) is 0 Å². The summed E-state index contributed by atoms with van der Waals surface area (Å²) in [7, 11) is 0. The lowest BCUT2D eigenvalue weighted by atomic mass is 10.00. The number of carbonyl (C=O) groups is 1. The number of rotatable bonds is 3. The lowest BCUT2D eigenvalue weighted by Crippen LogP contribution is -2.17. The van der Waals surface area contributed by atoms with Crippen molar-refractivity contribution >= 4 is 5.78 Å². The van der Waals surface area contributed by atoms with Crippen LogP contribution in [-0.2, 0) is 0 Å². The summed E-state index contributed by atoms with van der Waals surface area (Å²) < 4.78 is 41.1. The average Bonchev–Trinajstić information content (AvgIpc) is 2.38. The number of hydrogen-bond donors (Lipinski definition) is 1. The third-order valence-corrected chi connectivity index (χ3v) is 2.80. The molecule has 2 aromatic rings. The molecule has 0 atom stereocenters. The first-order valence-electron chi connectivity index (χ1n) is 5.97. The van der Waals surface area contributed by atoms with Crippen LogP contribution in [0.15, 0.2) is 42.5 Å². The number of ketones is 1. The van der Waals surface area contributed by atoms with Gasteiger partial charge in [-0.3, -0.25) is 4.79 Å². The molecule has 0 spiro atoms. The fraction of sp³-hybridized carbons (Fsp3) is 0.133. The van der Waals surface area contributed by atoms with E-state index in [-0.39, 0.29) is 28.4 Å². The van der Waals surface area contributed by atoms with Gasteiger partial charge in [0.1, 0.15) is 11.5 Å². The number of para-hydroxylation sites is 1. The first kappa shape index (κ1) is 14.9. The van der Waals surface area contributed by atoms with Crippen molar-refractivity contribution in [1.82, 2.24) is 0 Å². The largest absolute Gasteiger partial charge is 0.573 e. The Kier molecular flexibility index (Phi) is 3.88. The number of carbonyl (C=O) groups excluding carboxylic acids is 1. The number of Topliss-reactive ketones (excluding diaryl/α,β-unsaturated/α-hetero) is 1. The molecule has 110 valence electrons. The number of aromatic hydroxyl groups is 1. The van der Waals surface area contributed by atoms with Gasteiger partial charge in [0.25, 0.3) is 0 Å². The third kappa shape index (κ3) is 3.53. The molecule has 0 aliphatic rings. The number of benzene rings is 2. The molecule has 1 N–H and O–H groups in total. The Morgan fingerprint density at radius 2 is 1.81 bits per heavy atom. The van der Waals surface area contributed by atoms with Crippen LogP contribution in [0.1, 0.15) is 17.3 Å². The van der Waals surface area contributed by atoms with E-state index in [0.717, 1.165) is 0 Å². The van der Waals surface area contributed by atoms with E-state index >= 15 is 0 Å². The SMILES string of the molecule is CC(=O)c1cc(-c2ccccc2OC(F)(F)F)ccc1O. The van der Waals surface area contributed by atoms with Gasteiger partial charge in [-0.15, -0.1) is 13.2 Å². The summed E-state index contributed by atoms with van der Waals surface area (Å²) in [4.78, 5) is 11.4. The summed E-state index contributed by atoms with van der Waals surface area (Å²) in [5, 5.41) is 9.58. The maximum absolute atomic E-state index is 12.4. The van der Waals surface area contributed by atoms with Crippen LogP contribution in [-0.4, -0.2) is 17.3 Å². The molecule has 0 bridgehead atoms. The van der Waals surface area contributed by atoms with Gasteiger partial charge in [-0.2, -0.15) is 0 Å². The summed E-state index contributed by atoms with van der Waals surface area (Å²) in [6.07, 6.45) is -4.81. The third-order valence-electron chi connectivity index (χ3n) is 2.80. The van der Waals surface area contributed by atoms with Crippen LogP contribution < -0.4 is 4.74 Å². The summed E-state index contributed by atoms with van der Waals surface area (Å²) in [5.74, 6) is -0.978. The Bertz CT molecular complexity index is 678. The summed E-state index contributed by atoms with van der Waals surface area (Å²) in [6.45, 7) is 1.26. The highest BCUT2D eigenvalue weighted by Gasteiger charge is 2.32. The van der Waals surface area contributed by atoms with Gasteiger partial charge in [0.05, 0.1) is 5.56 Å². The van der Waals surface area contributed by atoms with Crippen molar-refractivity contribution in [2.45, 2.75) is 13.3 Å². The van der Waals surface area contributed by atoms with Crippen LogP contribution in [0.2, 0.25) is 0 Å². The molecule has 0 heterocycles. The maximum Gasteiger partial charge on any atom is 0.573 e. The zero-order chi connectivity index (χ0) is 15.6. The first-order chi connectivity index (χ1) is 9.78. The van der Waals surface area contributed by atoms with Gasteiger partial charge in [-0.1, -0.05) is 24.3 Å². The fourth-order valence-corrected chi connectivity index (χ4v) is 1.90. The predicted molar refractivity (Wildman–Crippen MR) is 70.2 cm³/mol. The number of halogens is 3. The second kappa shape index (κ2) is 5.47. The summed E-state index contributed by atoms with van der Waals surface area (Å²) in [6, 6.07) is 9.60. The molecule has 21 heavy (non-hydrogen) atoms. The second-order valence-corrected chi connectivity index (χ2v) is 4.33. The Labute approximate surface area is 118 Å². The number of alkyl halides is 3. The van der Waals surface area contributed by atoms with Gasteiger partial charge < -0.3 is 9.84 Å². The van der Waals surface area contributed by atoms with Crippen LogP contribution in [0, 0.1) is 0 Å². The molecule has 2 rings (SSSR count). The molecule has 0 saturated heterocycles. The topological polar surface area (TPSA) is 46.5 Å². The molecule has 3 nitrogen and oxygen atoms in total. The molecule has 0 saturated carbocycles. The zero-order valence-electron chi connectivity index (χ0n) is 10.9. The normalized spacial score (nSPS) is 11.2. The zero-order valence-corrected chi connectivity index (χ0v) is 10.9. The minimum Gasteiger partial charge on any atom is -0.507 e. The molecule has 0 unspecified atom stereocenters. The molecule has 0 radical (unpaired) electrons. The highest BCUT2D eigenvalue weighted by Crippen LogP contribution is 2.35. The number of phenols is 1. The van der Waals surface area contributed by atoms with E-state index in [1.165, 1.54) is 43.3 Å². The predicted octanol–water partition coefficient (Wildman–Crippen LogP) is 4.16. The first-order valence-corrected chi connectivity index (χ1v) is 5.97. The lowest BCUT2D eigenvalue weighted by Gasteiger charge is -2.14. The van der Waals surface area contributed by atoms with Gasteiger partial charge in [-0.05, 0) is 30.7 Å². The van der Waals surface area contributed by atoms with Crippen LogP contribution in [0.25, 0.3) is 11.1 Å². The molecule has 6 heteroatoms. The van der Waals surface area contributed by atoms with E-state index in [0.29, 0.717) is 5.56 Å². The van der Waals surface area contributed by atoms with Crippen molar-refractivity contribution in [3.05, 3.63) is 48.0 Å². The Morgan fingerprint density at radius 1 is 1.14 bits per heavy atom. The van der Waals surface area contributed by atoms with Crippen molar-refractivity contribution in [3.63, 3.8) is 0 Å². The van der Waals surface area contributed by atoms with E-state index in [9.17, 15) is 23.1 Å². The minimum atomic E-state index is -4.81. The molecule has 0 aliphatic heterocycles. The highest BCUT2D eigenvalue weighted by molar-refractivity contribution is 5.98. The summed E-state index contributed by atoms with van der Waals surface area (Å²) >= 11 is 0. The molecule has 0 aromatic heterocycles. The number of ether oxygens (including phenoxy) is 1. The van der Waals surface area contributed by atoms with Crippen molar-refractivity contribution in [1.29, 1.82) is 0 Å². The van der Waals surface area contributed by atoms with Gasteiger partial charge in [0.2, 0.25) is 0 Å². The average molecular weight is 296 g/mol. The quantitative estimate of drug-likeness (QED) is 0.865.